The lowest BCUT2D eigenvalue weighted by atomic mass is 10.0. The summed E-state index contributed by atoms with van der Waals surface area (Å²) in [6.07, 6.45) is 3.63. The summed E-state index contributed by atoms with van der Waals surface area (Å²) in [4.78, 5) is 0. The predicted octanol–water partition coefficient (Wildman–Crippen LogP) is 4.02. The van der Waals surface area contributed by atoms with Crippen molar-refractivity contribution in [1.29, 1.82) is 0 Å². The van der Waals surface area contributed by atoms with Crippen molar-refractivity contribution in [3.8, 4) is 0 Å². The van der Waals surface area contributed by atoms with Crippen LogP contribution in [0.15, 0.2) is 28.7 Å². The van der Waals surface area contributed by atoms with Crippen molar-refractivity contribution >= 4 is 15.9 Å². The molecule has 0 aliphatic rings. The van der Waals surface area contributed by atoms with E-state index in [9.17, 15) is 0 Å². The Balaban J connectivity index is 2.26. The number of hydrogen-bond donors (Lipinski definition) is 1. The van der Waals surface area contributed by atoms with Gasteiger partial charge in [-0.05, 0) is 49.9 Å². The summed E-state index contributed by atoms with van der Waals surface area (Å²) in [5, 5.41) is 3.47. The Hall–Kier alpha value is -0.340. The minimum absolute atomic E-state index is 0.749. The van der Waals surface area contributed by atoms with Gasteiger partial charge in [0.2, 0.25) is 0 Å². The number of benzene rings is 1. The lowest BCUT2D eigenvalue weighted by molar-refractivity contribution is 0.481. The number of nitrogens with one attached hydrogen (secondary N) is 1. The van der Waals surface area contributed by atoms with E-state index in [1.807, 2.05) is 0 Å². The molecule has 1 unspecified atom stereocenters. The van der Waals surface area contributed by atoms with Crippen molar-refractivity contribution in [3.05, 3.63) is 34.3 Å². The molecule has 1 aromatic carbocycles. The van der Waals surface area contributed by atoms with Gasteiger partial charge in [0.1, 0.15) is 0 Å². The van der Waals surface area contributed by atoms with Gasteiger partial charge >= 0.3 is 0 Å². The van der Waals surface area contributed by atoms with E-state index in [0.29, 0.717) is 0 Å². The molecule has 2 heteroatoms. The molecule has 0 radical (unpaired) electrons. The maximum atomic E-state index is 3.59. The Morgan fingerprint density at radius 1 is 1.31 bits per heavy atom. The van der Waals surface area contributed by atoms with Crippen LogP contribution in [0, 0.1) is 5.92 Å². The third-order valence-corrected chi connectivity index (χ3v) is 3.56. The van der Waals surface area contributed by atoms with Gasteiger partial charge < -0.3 is 5.32 Å². The molecule has 0 saturated carbocycles. The molecule has 16 heavy (non-hydrogen) atoms. The molecule has 0 aromatic heterocycles. The summed E-state index contributed by atoms with van der Waals surface area (Å²) >= 11 is 3.59. The van der Waals surface area contributed by atoms with Crippen LogP contribution in [0.5, 0.6) is 0 Å². The smallest absolute Gasteiger partial charge is 0.0207 e. The van der Waals surface area contributed by atoms with Gasteiger partial charge in [0.25, 0.3) is 0 Å². The second-order valence-corrected chi connectivity index (χ2v) is 5.29. The first-order chi connectivity index (χ1) is 7.74. The average Bonchev–Trinajstić information content (AvgIpc) is 2.28. The maximum absolute atomic E-state index is 3.59. The summed E-state index contributed by atoms with van der Waals surface area (Å²) in [6, 6.07) is 8.51. The first-order valence-corrected chi connectivity index (χ1v) is 6.97. The van der Waals surface area contributed by atoms with Crippen molar-refractivity contribution in [2.24, 2.45) is 5.92 Å². The van der Waals surface area contributed by atoms with Crippen molar-refractivity contribution in [3.63, 3.8) is 0 Å². The van der Waals surface area contributed by atoms with E-state index in [2.05, 4.69) is 59.4 Å². The topological polar surface area (TPSA) is 12.0 Å². The van der Waals surface area contributed by atoms with E-state index in [0.717, 1.165) is 25.4 Å². The molecule has 1 nitrogen and oxygen atoms in total. The fraction of sp³-hybridized carbons (Fsp3) is 0.571. The van der Waals surface area contributed by atoms with Gasteiger partial charge in [-0.15, -0.1) is 0 Å². The van der Waals surface area contributed by atoms with Crippen LogP contribution >= 0.6 is 15.9 Å². The van der Waals surface area contributed by atoms with Crippen molar-refractivity contribution in [2.45, 2.75) is 33.1 Å². The molecular formula is C14H22BrN. The second-order valence-electron chi connectivity index (χ2n) is 4.44. The Kier molecular flexibility index (Phi) is 6.74. The third-order valence-electron chi connectivity index (χ3n) is 2.78. The number of halogens is 1. The Labute approximate surface area is 108 Å². The van der Waals surface area contributed by atoms with Crippen molar-refractivity contribution in [1.82, 2.24) is 5.32 Å². The lowest BCUT2D eigenvalue weighted by Crippen LogP contribution is -2.22. The van der Waals surface area contributed by atoms with Crippen LogP contribution in [0.1, 0.15) is 32.3 Å². The van der Waals surface area contributed by atoms with Gasteiger partial charge in [-0.3, -0.25) is 0 Å². The average molecular weight is 284 g/mol. The van der Waals surface area contributed by atoms with Crippen LogP contribution in [0.2, 0.25) is 0 Å². The van der Waals surface area contributed by atoms with E-state index in [4.69, 9.17) is 0 Å². The van der Waals surface area contributed by atoms with Gasteiger partial charge in [0.05, 0.1) is 0 Å². The highest BCUT2D eigenvalue weighted by molar-refractivity contribution is 9.10. The molecule has 1 N–H and O–H groups in total. The van der Waals surface area contributed by atoms with Gasteiger partial charge in [-0.25, -0.2) is 0 Å². The van der Waals surface area contributed by atoms with E-state index < -0.39 is 0 Å². The van der Waals surface area contributed by atoms with Gasteiger partial charge in [-0.2, -0.15) is 0 Å². The summed E-state index contributed by atoms with van der Waals surface area (Å²) in [5.41, 5.74) is 1.42. The summed E-state index contributed by atoms with van der Waals surface area (Å²) in [7, 11) is 0. The highest BCUT2D eigenvalue weighted by Crippen LogP contribution is 2.19. The molecule has 0 aliphatic heterocycles. The van der Waals surface area contributed by atoms with Gasteiger partial charge in [0.15, 0.2) is 0 Å². The Morgan fingerprint density at radius 3 is 2.75 bits per heavy atom. The van der Waals surface area contributed by atoms with Gasteiger partial charge in [0, 0.05) is 4.47 Å². The quantitative estimate of drug-likeness (QED) is 0.746. The Bertz CT molecular complexity index is 299. The molecule has 0 fully saturated rings. The van der Waals surface area contributed by atoms with E-state index in [1.165, 1.54) is 22.9 Å². The fourth-order valence-electron chi connectivity index (χ4n) is 1.73. The zero-order valence-electron chi connectivity index (χ0n) is 10.3. The van der Waals surface area contributed by atoms with Crippen molar-refractivity contribution in [2.75, 3.05) is 13.1 Å². The van der Waals surface area contributed by atoms with Crippen LogP contribution in [-0.4, -0.2) is 13.1 Å². The van der Waals surface area contributed by atoms with Crippen LogP contribution in [0.4, 0.5) is 0 Å². The zero-order valence-corrected chi connectivity index (χ0v) is 11.9. The first-order valence-electron chi connectivity index (χ1n) is 6.18. The molecule has 1 atom stereocenters. The van der Waals surface area contributed by atoms with Crippen molar-refractivity contribution < 1.29 is 0 Å². The van der Waals surface area contributed by atoms with E-state index in [1.54, 1.807) is 0 Å². The lowest BCUT2D eigenvalue weighted by Gasteiger charge is -2.12. The van der Waals surface area contributed by atoms with Crippen LogP contribution in [0.3, 0.4) is 0 Å². The summed E-state index contributed by atoms with van der Waals surface area (Å²) in [6.45, 7) is 6.80. The standard InChI is InChI=1S/C14H22BrN/c1-3-10-16-11-12(2)8-9-13-6-4-5-7-14(13)15/h4-7,12,16H,3,8-11H2,1-2H3. The monoisotopic (exact) mass is 283 g/mol. The molecule has 0 heterocycles. The molecule has 90 valence electrons. The molecular weight excluding hydrogens is 262 g/mol. The molecule has 0 bridgehead atoms. The number of rotatable bonds is 7. The minimum atomic E-state index is 0.749. The predicted molar refractivity (Wildman–Crippen MR) is 74.8 cm³/mol. The van der Waals surface area contributed by atoms with Crippen LogP contribution < -0.4 is 5.32 Å². The largest absolute Gasteiger partial charge is 0.316 e. The van der Waals surface area contributed by atoms with E-state index >= 15 is 0 Å². The second kappa shape index (κ2) is 7.86. The molecule has 0 amide bonds. The fourth-order valence-corrected chi connectivity index (χ4v) is 2.21. The zero-order chi connectivity index (χ0) is 11.8. The molecule has 0 spiro atoms. The van der Waals surface area contributed by atoms with E-state index in [-0.39, 0.29) is 0 Å². The highest BCUT2D eigenvalue weighted by Gasteiger charge is 2.04. The van der Waals surface area contributed by atoms with Crippen LogP contribution in [0.25, 0.3) is 0 Å². The first kappa shape index (κ1) is 13.7. The summed E-state index contributed by atoms with van der Waals surface area (Å²) < 4.78 is 1.24. The highest BCUT2D eigenvalue weighted by atomic mass is 79.9. The number of aryl methyl sites for hydroxylation is 1. The molecule has 1 aromatic rings. The maximum Gasteiger partial charge on any atom is 0.0207 e. The Morgan fingerprint density at radius 2 is 2.06 bits per heavy atom. The van der Waals surface area contributed by atoms with Crippen LogP contribution in [-0.2, 0) is 6.42 Å². The minimum Gasteiger partial charge on any atom is -0.316 e. The SMILES string of the molecule is CCCNCC(C)CCc1ccccc1Br. The normalized spacial score (nSPS) is 12.7. The number of hydrogen-bond acceptors (Lipinski definition) is 1. The summed E-state index contributed by atoms with van der Waals surface area (Å²) in [5.74, 6) is 0.749. The molecule has 1 rings (SSSR count). The molecule has 0 saturated heterocycles. The molecule has 0 aliphatic carbocycles. The third kappa shape index (κ3) is 5.13. The van der Waals surface area contributed by atoms with Gasteiger partial charge in [-0.1, -0.05) is 48.0 Å².